The van der Waals surface area contributed by atoms with E-state index in [9.17, 15) is 0 Å². The number of rotatable bonds is 2. The molecule has 27 heavy (non-hydrogen) atoms. The molecule has 0 saturated heterocycles. The third-order valence-electron chi connectivity index (χ3n) is 6.15. The molecule has 0 heteroatoms. The molecule has 0 unspecified atom stereocenters. The molecule has 6 rings (SSSR count). The third kappa shape index (κ3) is 2.10. The zero-order chi connectivity index (χ0) is 17.8. The van der Waals surface area contributed by atoms with Gasteiger partial charge in [0.25, 0.3) is 0 Å². The molecule has 1 radical (unpaired) electrons. The van der Waals surface area contributed by atoms with Crippen LogP contribution in [-0.4, -0.2) is 0 Å². The summed E-state index contributed by atoms with van der Waals surface area (Å²) < 4.78 is 0. The van der Waals surface area contributed by atoms with Crippen LogP contribution in [0.4, 0.5) is 0 Å². The van der Waals surface area contributed by atoms with Crippen molar-refractivity contribution < 1.29 is 0 Å². The van der Waals surface area contributed by atoms with Crippen molar-refractivity contribution in [1.82, 2.24) is 0 Å². The Morgan fingerprint density at radius 1 is 0.370 bits per heavy atom. The van der Waals surface area contributed by atoms with E-state index >= 15 is 0 Å². The topological polar surface area (TPSA) is 0 Å². The molecule has 4 aromatic rings. The molecule has 2 aliphatic rings. The molecular formula is C27H19. The third-order valence-corrected chi connectivity index (χ3v) is 6.15. The molecular weight excluding hydrogens is 324 g/mol. The predicted molar refractivity (Wildman–Crippen MR) is 112 cm³/mol. The van der Waals surface area contributed by atoms with Crippen LogP contribution >= 0.6 is 0 Å². The molecule has 0 N–H and O–H groups in total. The first-order valence-electron chi connectivity index (χ1n) is 9.63. The van der Waals surface area contributed by atoms with Gasteiger partial charge >= 0.3 is 0 Å². The van der Waals surface area contributed by atoms with Crippen molar-refractivity contribution in [2.75, 3.05) is 0 Å². The molecule has 0 aromatic heterocycles. The number of benzene rings is 4. The van der Waals surface area contributed by atoms with Crippen molar-refractivity contribution in [2.45, 2.75) is 11.8 Å². The lowest BCUT2D eigenvalue weighted by Crippen LogP contribution is -2.06. The molecule has 0 fully saturated rings. The van der Waals surface area contributed by atoms with Crippen LogP contribution in [0, 0.1) is 6.42 Å². The lowest BCUT2D eigenvalue weighted by atomic mass is 9.82. The maximum absolute atomic E-state index is 2.56. The molecule has 0 heterocycles. The zero-order valence-corrected chi connectivity index (χ0v) is 15.0. The van der Waals surface area contributed by atoms with Gasteiger partial charge in [0.2, 0.25) is 0 Å². The second-order valence-corrected chi connectivity index (χ2v) is 7.50. The van der Waals surface area contributed by atoms with Gasteiger partial charge < -0.3 is 0 Å². The van der Waals surface area contributed by atoms with Crippen molar-refractivity contribution in [3.63, 3.8) is 0 Å². The average molecular weight is 343 g/mol. The Kier molecular flexibility index (Phi) is 3.16. The summed E-state index contributed by atoms with van der Waals surface area (Å²) in [5.74, 6) is 0.670. The average Bonchev–Trinajstić information content (AvgIpc) is 3.23. The molecule has 2 aliphatic carbocycles. The van der Waals surface area contributed by atoms with Gasteiger partial charge in [0.05, 0.1) is 0 Å². The number of fused-ring (bicyclic) bond motifs is 6. The van der Waals surface area contributed by atoms with Crippen LogP contribution in [0.25, 0.3) is 22.3 Å². The summed E-state index contributed by atoms with van der Waals surface area (Å²) >= 11 is 0. The van der Waals surface area contributed by atoms with Crippen LogP contribution in [0.1, 0.15) is 34.1 Å². The summed E-state index contributed by atoms with van der Waals surface area (Å²) in [6.45, 7) is 0. The molecule has 0 saturated carbocycles. The summed E-state index contributed by atoms with van der Waals surface area (Å²) in [5, 5.41) is 0. The highest BCUT2D eigenvalue weighted by molar-refractivity contribution is 5.82. The Bertz CT molecular complexity index is 984. The van der Waals surface area contributed by atoms with Crippen molar-refractivity contribution in [2.24, 2.45) is 0 Å². The molecule has 0 amide bonds. The van der Waals surface area contributed by atoms with E-state index in [4.69, 9.17) is 0 Å². The fourth-order valence-corrected chi connectivity index (χ4v) is 5.00. The molecule has 127 valence electrons. The predicted octanol–water partition coefficient (Wildman–Crippen LogP) is 6.82. The fraction of sp³-hybridized carbons (Fsp3) is 0.0741. The molecule has 4 aromatic carbocycles. The lowest BCUT2D eigenvalue weighted by Gasteiger charge is -2.20. The Balaban J connectivity index is 1.51. The van der Waals surface area contributed by atoms with E-state index < -0.39 is 0 Å². The summed E-state index contributed by atoms with van der Waals surface area (Å²) in [4.78, 5) is 0. The molecule has 0 bridgehead atoms. The van der Waals surface area contributed by atoms with Gasteiger partial charge in [0, 0.05) is 11.8 Å². The van der Waals surface area contributed by atoms with Gasteiger partial charge in [-0.2, -0.15) is 0 Å². The summed E-state index contributed by atoms with van der Waals surface area (Å²) in [6, 6.07) is 35.5. The Morgan fingerprint density at radius 2 is 0.630 bits per heavy atom. The van der Waals surface area contributed by atoms with E-state index in [0.717, 1.165) is 0 Å². The zero-order valence-electron chi connectivity index (χ0n) is 15.0. The standard InChI is InChI=1S/C27H19/c1-5-13-22-18(9-1)19-10-2-6-14-23(19)26(22)17-27-24-15-7-3-11-20(24)21-12-4-8-16-25(21)27/h1-17,26-27H. The molecule has 0 aliphatic heterocycles. The summed E-state index contributed by atoms with van der Waals surface area (Å²) in [6.07, 6.45) is 2.56. The van der Waals surface area contributed by atoms with E-state index in [1.165, 1.54) is 44.5 Å². The van der Waals surface area contributed by atoms with Crippen molar-refractivity contribution in [3.05, 3.63) is 126 Å². The van der Waals surface area contributed by atoms with Crippen LogP contribution in [0.3, 0.4) is 0 Å². The minimum atomic E-state index is 0.335. The van der Waals surface area contributed by atoms with Crippen LogP contribution in [0.15, 0.2) is 97.1 Å². The monoisotopic (exact) mass is 343 g/mol. The van der Waals surface area contributed by atoms with Gasteiger partial charge in [0.1, 0.15) is 0 Å². The largest absolute Gasteiger partial charge is 0.0619 e. The van der Waals surface area contributed by atoms with Gasteiger partial charge in [-0.15, -0.1) is 0 Å². The van der Waals surface area contributed by atoms with Gasteiger partial charge in [-0.25, -0.2) is 0 Å². The van der Waals surface area contributed by atoms with Crippen molar-refractivity contribution in [1.29, 1.82) is 0 Å². The van der Waals surface area contributed by atoms with Gasteiger partial charge in [0.15, 0.2) is 0 Å². The highest BCUT2D eigenvalue weighted by Crippen LogP contribution is 2.53. The Morgan fingerprint density at radius 3 is 0.926 bits per heavy atom. The van der Waals surface area contributed by atoms with Gasteiger partial charge in [-0.3, -0.25) is 0 Å². The Hall–Kier alpha value is -3.12. The smallest absolute Gasteiger partial charge is 0.0142 e. The normalized spacial score (nSPS) is 14.5. The Labute approximate surface area is 160 Å². The summed E-state index contributed by atoms with van der Waals surface area (Å²) in [5.41, 5.74) is 11.3. The number of hydrogen-bond donors (Lipinski definition) is 0. The van der Waals surface area contributed by atoms with Crippen LogP contribution < -0.4 is 0 Å². The van der Waals surface area contributed by atoms with Crippen molar-refractivity contribution >= 4 is 0 Å². The highest BCUT2D eigenvalue weighted by atomic mass is 14.4. The van der Waals surface area contributed by atoms with Crippen molar-refractivity contribution in [3.8, 4) is 22.3 Å². The molecule has 0 atom stereocenters. The van der Waals surface area contributed by atoms with E-state index in [1.54, 1.807) is 0 Å². The lowest BCUT2D eigenvalue weighted by molar-refractivity contribution is 0.838. The first-order valence-corrected chi connectivity index (χ1v) is 9.63. The van der Waals surface area contributed by atoms with E-state index in [1.807, 2.05) is 0 Å². The molecule has 0 nitrogen and oxygen atoms in total. The SMILES string of the molecule is [CH](C1c2ccccc2-c2ccccc21)C1c2ccccc2-c2ccccc21. The van der Waals surface area contributed by atoms with Gasteiger partial charge in [-0.1, -0.05) is 97.1 Å². The minimum Gasteiger partial charge on any atom is -0.0619 e. The highest BCUT2D eigenvalue weighted by Gasteiger charge is 2.35. The summed E-state index contributed by atoms with van der Waals surface area (Å²) in [7, 11) is 0. The van der Waals surface area contributed by atoms with E-state index in [-0.39, 0.29) is 0 Å². The van der Waals surface area contributed by atoms with Crippen LogP contribution in [0.5, 0.6) is 0 Å². The van der Waals surface area contributed by atoms with Crippen LogP contribution in [0.2, 0.25) is 0 Å². The first-order chi connectivity index (χ1) is 13.4. The maximum Gasteiger partial charge on any atom is 0.0142 e. The second-order valence-electron chi connectivity index (χ2n) is 7.50. The van der Waals surface area contributed by atoms with E-state index in [2.05, 4.69) is 103 Å². The van der Waals surface area contributed by atoms with Crippen LogP contribution in [-0.2, 0) is 0 Å². The first kappa shape index (κ1) is 15.0. The van der Waals surface area contributed by atoms with Gasteiger partial charge in [-0.05, 0) is 50.9 Å². The van der Waals surface area contributed by atoms with E-state index in [0.29, 0.717) is 11.8 Å². The number of hydrogen-bond acceptors (Lipinski definition) is 0. The fourth-order valence-electron chi connectivity index (χ4n) is 5.00. The quantitative estimate of drug-likeness (QED) is 0.375. The second kappa shape index (κ2) is 5.69. The maximum atomic E-state index is 2.56. The minimum absolute atomic E-state index is 0.335. The molecule has 0 spiro atoms.